The largest absolute Gasteiger partial charge is 0.491 e. The summed E-state index contributed by atoms with van der Waals surface area (Å²) in [6.45, 7) is 0.255. The molecule has 0 aliphatic carbocycles. The number of hydrogen-bond acceptors (Lipinski definition) is 2. The van der Waals surface area contributed by atoms with E-state index >= 15 is 0 Å². The molecule has 0 radical (unpaired) electrons. The Bertz CT molecular complexity index is 376. The number of benzene rings is 1. The molecule has 1 aliphatic rings. The molecule has 1 heterocycles. The molecule has 3 nitrogen and oxygen atoms in total. The molecule has 0 fully saturated rings. The normalized spacial score (nSPS) is 19.6. The zero-order chi connectivity index (χ0) is 10.1. The number of aliphatic carboxylic acids is 1. The number of fused-ring (bicyclic) bond motifs is 1. The van der Waals surface area contributed by atoms with Crippen molar-refractivity contribution in [3.8, 4) is 5.75 Å². The first-order valence-electron chi connectivity index (χ1n) is 4.31. The van der Waals surface area contributed by atoms with Crippen LogP contribution in [-0.4, -0.2) is 17.7 Å². The van der Waals surface area contributed by atoms with E-state index in [9.17, 15) is 4.79 Å². The number of hydrogen-bond donors (Lipinski definition) is 1. The van der Waals surface area contributed by atoms with Gasteiger partial charge < -0.3 is 9.84 Å². The number of carbonyl (C=O) groups is 1. The molecule has 1 unspecified atom stereocenters. The van der Waals surface area contributed by atoms with Crippen molar-refractivity contribution < 1.29 is 14.6 Å². The van der Waals surface area contributed by atoms with Crippen LogP contribution in [0.4, 0.5) is 0 Å². The molecule has 74 valence electrons. The van der Waals surface area contributed by atoms with Gasteiger partial charge in [-0.3, -0.25) is 4.79 Å². The van der Waals surface area contributed by atoms with Gasteiger partial charge in [0.1, 0.15) is 12.4 Å². The molecule has 0 spiro atoms. The van der Waals surface area contributed by atoms with Gasteiger partial charge in [0.2, 0.25) is 0 Å². The first kappa shape index (κ1) is 9.52. The molecule has 0 saturated carbocycles. The van der Waals surface area contributed by atoms with Crippen LogP contribution in [-0.2, 0) is 11.2 Å². The van der Waals surface area contributed by atoms with E-state index in [2.05, 4.69) is 15.9 Å². The fourth-order valence-electron chi connectivity index (χ4n) is 1.54. The number of rotatable bonds is 1. The first-order chi connectivity index (χ1) is 6.68. The van der Waals surface area contributed by atoms with Crippen molar-refractivity contribution in [2.75, 3.05) is 6.61 Å². The third-order valence-corrected chi connectivity index (χ3v) is 2.92. The summed E-state index contributed by atoms with van der Waals surface area (Å²) in [6.07, 6.45) is 0.546. The van der Waals surface area contributed by atoms with Gasteiger partial charge in [-0.2, -0.15) is 0 Å². The van der Waals surface area contributed by atoms with Gasteiger partial charge in [0, 0.05) is 0 Å². The van der Waals surface area contributed by atoms with Crippen LogP contribution in [0.3, 0.4) is 0 Å². The summed E-state index contributed by atoms with van der Waals surface area (Å²) in [5.41, 5.74) is 0.957. The molecule has 4 heteroatoms. The van der Waals surface area contributed by atoms with Crippen LogP contribution < -0.4 is 4.74 Å². The second-order valence-corrected chi connectivity index (χ2v) is 4.13. The fourth-order valence-corrected chi connectivity index (χ4v) is 2.06. The van der Waals surface area contributed by atoms with Gasteiger partial charge in [-0.15, -0.1) is 0 Å². The quantitative estimate of drug-likeness (QED) is 0.837. The Kier molecular flexibility index (Phi) is 2.46. The molecule has 1 aromatic carbocycles. The smallest absolute Gasteiger partial charge is 0.310 e. The second kappa shape index (κ2) is 3.61. The van der Waals surface area contributed by atoms with Gasteiger partial charge in [-0.05, 0) is 34.0 Å². The topological polar surface area (TPSA) is 46.5 Å². The van der Waals surface area contributed by atoms with Crippen molar-refractivity contribution in [3.05, 3.63) is 28.2 Å². The van der Waals surface area contributed by atoms with Crippen LogP contribution >= 0.6 is 15.9 Å². The molecule has 1 N–H and O–H groups in total. The van der Waals surface area contributed by atoms with Crippen molar-refractivity contribution >= 4 is 21.9 Å². The molecular weight excluding hydrogens is 248 g/mol. The van der Waals surface area contributed by atoms with Crippen molar-refractivity contribution in [2.24, 2.45) is 5.92 Å². The number of carboxylic acids is 1. The van der Waals surface area contributed by atoms with Gasteiger partial charge >= 0.3 is 5.97 Å². The molecule has 2 rings (SSSR count). The van der Waals surface area contributed by atoms with Crippen molar-refractivity contribution in [2.45, 2.75) is 6.42 Å². The van der Waals surface area contributed by atoms with E-state index in [1.54, 1.807) is 0 Å². The summed E-state index contributed by atoms with van der Waals surface area (Å²) < 4.78 is 6.29. The Balaban J connectivity index is 2.31. The van der Waals surface area contributed by atoms with Crippen molar-refractivity contribution in [1.29, 1.82) is 0 Å². The van der Waals surface area contributed by atoms with E-state index in [1.165, 1.54) is 0 Å². The minimum atomic E-state index is -0.796. The summed E-state index contributed by atoms with van der Waals surface area (Å²) in [4.78, 5) is 10.8. The molecule has 0 amide bonds. The number of para-hydroxylation sites is 1. The van der Waals surface area contributed by atoms with Gasteiger partial charge in [0.15, 0.2) is 0 Å². The van der Waals surface area contributed by atoms with Crippen LogP contribution in [0.25, 0.3) is 0 Å². The van der Waals surface area contributed by atoms with Crippen LogP contribution in [0.2, 0.25) is 0 Å². The summed E-state index contributed by atoms with van der Waals surface area (Å²) in [6, 6.07) is 5.67. The van der Waals surface area contributed by atoms with Crippen LogP contribution in [0.5, 0.6) is 5.75 Å². The maximum Gasteiger partial charge on any atom is 0.310 e. The molecule has 0 bridgehead atoms. The third kappa shape index (κ3) is 1.62. The van der Waals surface area contributed by atoms with Gasteiger partial charge in [0.05, 0.1) is 10.4 Å². The Labute approximate surface area is 89.8 Å². The van der Waals surface area contributed by atoms with Gasteiger partial charge in [-0.1, -0.05) is 12.1 Å². The third-order valence-electron chi connectivity index (χ3n) is 2.29. The van der Waals surface area contributed by atoms with E-state index < -0.39 is 11.9 Å². The summed E-state index contributed by atoms with van der Waals surface area (Å²) >= 11 is 3.37. The fraction of sp³-hybridized carbons (Fsp3) is 0.300. The number of ether oxygens (including phenoxy) is 1. The second-order valence-electron chi connectivity index (χ2n) is 3.28. The molecule has 1 atom stereocenters. The maximum absolute atomic E-state index is 10.8. The predicted octanol–water partition coefficient (Wildman–Crippen LogP) is 2.08. The SMILES string of the molecule is O=C(O)C1COc2c(Br)cccc2C1. The maximum atomic E-state index is 10.8. The standard InChI is InChI=1S/C10H9BrO3/c11-8-3-1-2-6-4-7(10(12)13)5-14-9(6)8/h1-3,7H,4-5H2,(H,12,13). The lowest BCUT2D eigenvalue weighted by atomic mass is 9.97. The summed E-state index contributed by atoms with van der Waals surface area (Å²) in [7, 11) is 0. The number of halogens is 1. The lowest BCUT2D eigenvalue weighted by Gasteiger charge is -2.23. The summed E-state index contributed by atoms with van der Waals surface area (Å²) in [5, 5.41) is 8.84. The highest BCUT2D eigenvalue weighted by atomic mass is 79.9. The highest BCUT2D eigenvalue weighted by molar-refractivity contribution is 9.10. The van der Waals surface area contributed by atoms with Gasteiger partial charge in [0.25, 0.3) is 0 Å². The lowest BCUT2D eigenvalue weighted by Crippen LogP contribution is -2.27. The monoisotopic (exact) mass is 256 g/mol. The Hall–Kier alpha value is -1.03. The molecule has 1 aromatic rings. The highest BCUT2D eigenvalue weighted by Crippen LogP contribution is 2.34. The molecule has 14 heavy (non-hydrogen) atoms. The Morgan fingerprint density at radius 2 is 2.36 bits per heavy atom. The molecule has 0 aromatic heterocycles. The first-order valence-corrected chi connectivity index (χ1v) is 5.11. The van der Waals surface area contributed by atoms with Crippen LogP contribution in [0.15, 0.2) is 22.7 Å². The van der Waals surface area contributed by atoms with E-state index in [1.807, 2.05) is 18.2 Å². The number of carboxylic acid groups (broad SMARTS) is 1. The molecule has 1 aliphatic heterocycles. The van der Waals surface area contributed by atoms with E-state index in [4.69, 9.17) is 9.84 Å². The average molecular weight is 257 g/mol. The van der Waals surface area contributed by atoms with E-state index in [0.29, 0.717) is 6.42 Å². The Morgan fingerprint density at radius 3 is 3.07 bits per heavy atom. The lowest BCUT2D eigenvalue weighted by molar-refractivity contribution is -0.143. The Morgan fingerprint density at radius 1 is 1.57 bits per heavy atom. The van der Waals surface area contributed by atoms with Crippen LogP contribution in [0, 0.1) is 5.92 Å². The van der Waals surface area contributed by atoms with E-state index in [0.717, 1.165) is 15.8 Å². The van der Waals surface area contributed by atoms with Crippen LogP contribution in [0.1, 0.15) is 5.56 Å². The zero-order valence-electron chi connectivity index (χ0n) is 7.37. The van der Waals surface area contributed by atoms with E-state index in [-0.39, 0.29) is 6.61 Å². The predicted molar refractivity (Wildman–Crippen MR) is 54.5 cm³/mol. The average Bonchev–Trinajstić information content (AvgIpc) is 2.17. The minimum absolute atomic E-state index is 0.255. The minimum Gasteiger partial charge on any atom is -0.491 e. The highest BCUT2D eigenvalue weighted by Gasteiger charge is 2.26. The van der Waals surface area contributed by atoms with Gasteiger partial charge in [-0.25, -0.2) is 0 Å². The zero-order valence-corrected chi connectivity index (χ0v) is 8.95. The summed E-state index contributed by atoms with van der Waals surface area (Å²) in [5.74, 6) is -0.433. The molecule has 0 saturated heterocycles. The molecular formula is C10H9BrO3. The van der Waals surface area contributed by atoms with Crippen molar-refractivity contribution in [1.82, 2.24) is 0 Å². The van der Waals surface area contributed by atoms with Crippen molar-refractivity contribution in [3.63, 3.8) is 0 Å².